The Kier molecular flexibility index (Phi) is 7.54. The highest BCUT2D eigenvalue weighted by Gasteiger charge is 2.25. The molecule has 1 heterocycles. The van der Waals surface area contributed by atoms with Crippen molar-refractivity contribution in [2.45, 2.75) is 0 Å². The van der Waals surface area contributed by atoms with E-state index >= 15 is 0 Å². The quantitative estimate of drug-likeness (QED) is 0.698. The van der Waals surface area contributed by atoms with E-state index in [9.17, 15) is 14.4 Å². The topological polar surface area (TPSA) is 97.4 Å². The van der Waals surface area contributed by atoms with Crippen molar-refractivity contribution in [3.8, 4) is 17.2 Å². The van der Waals surface area contributed by atoms with Gasteiger partial charge in [-0.3, -0.25) is 14.4 Å². The number of rotatable bonds is 7. The van der Waals surface area contributed by atoms with Crippen LogP contribution in [0.4, 0.5) is 0 Å². The maximum atomic E-state index is 12.7. The molecule has 1 aliphatic heterocycles. The summed E-state index contributed by atoms with van der Waals surface area (Å²) in [4.78, 5) is 41.0. The fourth-order valence-electron chi connectivity index (χ4n) is 3.44. The van der Waals surface area contributed by atoms with Crippen LogP contribution in [0.3, 0.4) is 0 Å². The molecule has 32 heavy (non-hydrogen) atoms. The Balaban J connectivity index is 1.50. The molecular formula is C23H27N3O6. The average Bonchev–Trinajstić information content (AvgIpc) is 2.86. The van der Waals surface area contributed by atoms with Gasteiger partial charge in [0.25, 0.3) is 11.8 Å². The monoisotopic (exact) mass is 441 g/mol. The molecule has 0 radical (unpaired) electrons. The number of nitrogens with zero attached hydrogens (tertiary/aromatic N) is 2. The summed E-state index contributed by atoms with van der Waals surface area (Å²) in [5.41, 5.74) is 0.912. The Labute approximate surface area is 186 Å². The molecule has 1 aliphatic rings. The number of carbonyl (C=O) groups excluding carboxylic acids is 3. The zero-order valence-corrected chi connectivity index (χ0v) is 18.4. The summed E-state index contributed by atoms with van der Waals surface area (Å²) in [5, 5.41) is 2.64. The van der Waals surface area contributed by atoms with Crippen LogP contribution in [-0.4, -0.2) is 81.6 Å². The third-order valence-corrected chi connectivity index (χ3v) is 5.28. The molecule has 0 saturated carbocycles. The number of nitrogens with one attached hydrogen (secondary N) is 1. The van der Waals surface area contributed by atoms with E-state index in [-0.39, 0.29) is 24.3 Å². The first-order chi connectivity index (χ1) is 15.5. The third kappa shape index (κ3) is 5.29. The normalized spacial score (nSPS) is 13.3. The molecule has 1 saturated heterocycles. The van der Waals surface area contributed by atoms with Gasteiger partial charge in [-0.1, -0.05) is 6.07 Å². The van der Waals surface area contributed by atoms with Crippen LogP contribution in [0, 0.1) is 0 Å². The van der Waals surface area contributed by atoms with Gasteiger partial charge in [-0.2, -0.15) is 0 Å². The molecule has 0 bridgehead atoms. The number of carbonyl (C=O) groups is 3. The van der Waals surface area contributed by atoms with Crippen molar-refractivity contribution < 1.29 is 28.6 Å². The van der Waals surface area contributed by atoms with Gasteiger partial charge >= 0.3 is 0 Å². The van der Waals surface area contributed by atoms with Crippen molar-refractivity contribution in [2.24, 2.45) is 0 Å². The first-order valence-corrected chi connectivity index (χ1v) is 10.2. The van der Waals surface area contributed by atoms with E-state index in [1.54, 1.807) is 59.4 Å². The minimum absolute atomic E-state index is 0.0993. The van der Waals surface area contributed by atoms with Crippen molar-refractivity contribution in [2.75, 3.05) is 54.1 Å². The van der Waals surface area contributed by atoms with Gasteiger partial charge < -0.3 is 29.3 Å². The molecule has 0 aromatic heterocycles. The predicted octanol–water partition coefficient (Wildman–Crippen LogP) is 1.43. The smallest absolute Gasteiger partial charge is 0.254 e. The van der Waals surface area contributed by atoms with Crippen molar-refractivity contribution in [3.05, 3.63) is 53.6 Å². The van der Waals surface area contributed by atoms with Gasteiger partial charge in [-0.15, -0.1) is 0 Å². The summed E-state index contributed by atoms with van der Waals surface area (Å²) < 4.78 is 15.5. The fraction of sp³-hybridized carbons (Fsp3) is 0.348. The number of methoxy groups -OCH3 is 3. The molecular weight excluding hydrogens is 414 g/mol. The van der Waals surface area contributed by atoms with Crippen LogP contribution in [0.5, 0.6) is 17.2 Å². The number of amides is 3. The Morgan fingerprint density at radius 3 is 2.16 bits per heavy atom. The molecule has 0 aliphatic carbocycles. The molecule has 3 rings (SSSR count). The van der Waals surface area contributed by atoms with Crippen molar-refractivity contribution >= 4 is 17.7 Å². The zero-order chi connectivity index (χ0) is 23.1. The molecule has 2 aromatic carbocycles. The molecule has 0 atom stereocenters. The second-order valence-corrected chi connectivity index (χ2v) is 7.16. The SMILES string of the molecule is COc1cccc(C(=O)N2CCN(C(=O)CNC(=O)c3ccc(OC)c(OC)c3)CC2)c1. The van der Waals surface area contributed by atoms with Crippen molar-refractivity contribution in [1.29, 1.82) is 0 Å². The zero-order valence-electron chi connectivity index (χ0n) is 18.4. The summed E-state index contributed by atoms with van der Waals surface area (Å²) in [7, 11) is 4.56. The summed E-state index contributed by atoms with van der Waals surface area (Å²) in [5.74, 6) is 0.885. The van der Waals surface area contributed by atoms with E-state index in [0.29, 0.717) is 54.6 Å². The third-order valence-electron chi connectivity index (χ3n) is 5.28. The molecule has 0 unspecified atom stereocenters. The van der Waals surface area contributed by atoms with Crippen LogP contribution in [0.15, 0.2) is 42.5 Å². The minimum atomic E-state index is -0.383. The van der Waals surface area contributed by atoms with Crippen LogP contribution >= 0.6 is 0 Å². The van der Waals surface area contributed by atoms with Crippen LogP contribution in [0.25, 0.3) is 0 Å². The lowest BCUT2D eigenvalue weighted by Crippen LogP contribution is -2.52. The molecule has 1 fully saturated rings. The highest BCUT2D eigenvalue weighted by atomic mass is 16.5. The van der Waals surface area contributed by atoms with E-state index in [0.717, 1.165) is 0 Å². The van der Waals surface area contributed by atoms with Gasteiger partial charge in [-0.05, 0) is 36.4 Å². The first-order valence-electron chi connectivity index (χ1n) is 10.2. The number of ether oxygens (including phenoxy) is 3. The molecule has 2 aromatic rings. The van der Waals surface area contributed by atoms with Gasteiger partial charge in [0.05, 0.1) is 27.9 Å². The number of hydrogen-bond donors (Lipinski definition) is 1. The predicted molar refractivity (Wildman–Crippen MR) is 117 cm³/mol. The van der Waals surface area contributed by atoms with E-state index < -0.39 is 0 Å². The van der Waals surface area contributed by atoms with E-state index in [2.05, 4.69) is 5.32 Å². The van der Waals surface area contributed by atoms with Crippen LogP contribution < -0.4 is 19.5 Å². The molecule has 3 amide bonds. The van der Waals surface area contributed by atoms with Crippen molar-refractivity contribution in [3.63, 3.8) is 0 Å². The summed E-state index contributed by atoms with van der Waals surface area (Å²) in [6.07, 6.45) is 0. The Morgan fingerprint density at radius 1 is 0.812 bits per heavy atom. The lowest BCUT2D eigenvalue weighted by Gasteiger charge is -2.35. The molecule has 9 nitrogen and oxygen atoms in total. The number of piperazine rings is 1. The lowest BCUT2D eigenvalue weighted by atomic mass is 10.1. The highest BCUT2D eigenvalue weighted by Crippen LogP contribution is 2.27. The number of benzene rings is 2. The second kappa shape index (κ2) is 10.5. The Morgan fingerprint density at radius 2 is 1.50 bits per heavy atom. The standard InChI is InChI=1S/C23H27N3O6/c1-30-18-6-4-5-17(13-18)23(29)26-11-9-25(10-12-26)21(27)15-24-22(28)16-7-8-19(31-2)20(14-16)32-3/h4-8,13-14H,9-12,15H2,1-3H3,(H,24,28). The van der Waals surface area contributed by atoms with E-state index in [1.807, 2.05) is 0 Å². The Bertz CT molecular complexity index is 985. The Hall–Kier alpha value is -3.75. The number of hydrogen-bond acceptors (Lipinski definition) is 6. The van der Waals surface area contributed by atoms with E-state index in [1.165, 1.54) is 14.2 Å². The molecule has 1 N–H and O–H groups in total. The van der Waals surface area contributed by atoms with Gasteiger partial charge in [0.1, 0.15) is 5.75 Å². The summed E-state index contributed by atoms with van der Waals surface area (Å²) in [6.45, 7) is 1.52. The maximum absolute atomic E-state index is 12.7. The molecule has 9 heteroatoms. The second-order valence-electron chi connectivity index (χ2n) is 7.16. The van der Waals surface area contributed by atoms with E-state index in [4.69, 9.17) is 14.2 Å². The van der Waals surface area contributed by atoms with Crippen LogP contribution in [0.2, 0.25) is 0 Å². The van der Waals surface area contributed by atoms with Crippen LogP contribution in [-0.2, 0) is 4.79 Å². The van der Waals surface area contributed by atoms with Crippen molar-refractivity contribution in [1.82, 2.24) is 15.1 Å². The van der Waals surface area contributed by atoms with Gasteiger partial charge in [0.2, 0.25) is 5.91 Å². The average molecular weight is 441 g/mol. The van der Waals surface area contributed by atoms with Gasteiger partial charge in [0.15, 0.2) is 11.5 Å². The largest absolute Gasteiger partial charge is 0.497 e. The highest BCUT2D eigenvalue weighted by molar-refractivity contribution is 5.97. The summed E-state index contributed by atoms with van der Waals surface area (Å²) in [6, 6.07) is 11.8. The fourth-order valence-corrected chi connectivity index (χ4v) is 3.44. The maximum Gasteiger partial charge on any atom is 0.254 e. The van der Waals surface area contributed by atoms with Gasteiger partial charge in [0, 0.05) is 37.3 Å². The first kappa shape index (κ1) is 22.9. The molecule has 0 spiro atoms. The van der Waals surface area contributed by atoms with Gasteiger partial charge in [-0.25, -0.2) is 0 Å². The summed E-state index contributed by atoms with van der Waals surface area (Å²) >= 11 is 0. The lowest BCUT2D eigenvalue weighted by molar-refractivity contribution is -0.131. The van der Waals surface area contributed by atoms with Crippen LogP contribution in [0.1, 0.15) is 20.7 Å². The minimum Gasteiger partial charge on any atom is -0.497 e. The molecule has 170 valence electrons.